The van der Waals surface area contributed by atoms with E-state index in [9.17, 15) is 0 Å². The van der Waals surface area contributed by atoms with E-state index < -0.39 is 0 Å². The van der Waals surface area contributed by atoms with E-state index in [2.05, 4.69) is 37.9 Å². The minimum Gasteiger partial charge on any atom is -0.378 e. The Hall–Kier alpha value is -0.650. The quantitative estimate of drug-likeness (QED) is 0.873. The Morgan fingerprint density at radius 1 is 1.43 bits per heavy atom. The molecule has 0 saturated carbocycles. The standard InChI is InChI=1S/C16H29N3OS/c1-12(2)17-9-14-13(10-20-5)18-15(21-14)19-8-6-7-16(3,4)11-19/h12,17H,6-11H2,1-5H3. The summed E-state index contributed by atoms with van der Waals surface area (Å²) in [5.41, 5.74) is 1.48. The van der Waals surface area contributed by atoms with Crippen LogP contribution < -0.4 is 10.2 Å². The molecule has 1 aromatic heterocycles. The van der Waals surface area contributed by atoms with E-state index in [0.29, 0.717) is 18.1 Å². The van der Waals surface area contributed by atoms with E-state index in [-0.39, 0.29) is 0 Å². The Labute approximate surface area is 132 Å². The monoisotopic (exact) mass is 311 g/mol. The highest BCUT2D eigenvalue weighted by Gasteiger charge is 2.28. The van der Waals surface area contributed by atoms with Gasteiger partial charge in [0.15, 0.2) is 5.13 Å². The lowest BCUT2D eigenvalue weighted by Gasteiger charge is -2.37. The predicted octanol–water partition coefficient (Wildman–Crippen LogP) is 3.41. The van der Waals surface area contributed by atoms with Crippen molar-refractivity contribution in [1.82, 2.24) is 10.3 Å². The van der Waals surface area contributed by atoms with Crippen LogP contribution in [0, 0.1) is 5.41 Å². The van der Waals surface area contributed by atoms with Crippen molar-refractivity contribution in [2.24, 2.45) is 5.41 Å². The fourth-order valence-corrected chi connectivity index (χ4v) is 3.81. The van der Waals surface area contributed by atoms with Gasteiger partial charge < -0.3 is 15.0 Å². The molecule has 0 spiro atoms. The van der Waals surface area contributed by atoms with Gasteiger partial charge in [0.05, 0.1) is 12.3 Å². The molecule has 4 nitrogen and oxygen atoms in total. The zero-order chi connectivity index (χ0) is 15.5. The van der Waals surface area contributed by atoms with Crippen molar-refractivity contribution in [1.29, 1.82) is 0 Å². The summed E-state index contributed by atoms with van der Waals surface area (Å²) < 4.78 is 5.31. The van der Waals surface area contributed by atoms with Crippen LogP contribution in [-0.4, -0.2) is 31.2 Å². The fraction of sp³-hybridized carbons (Fsp3) is 0.812. The van der Waals surface area contributed by atoms with E-state index in [1.54, 1.807) is 7.11 Å². The Kier molecular flexibility index (Phi) is 5.63. The molecule has 1 fully saturated rings. The molecule has 120 valence electrons. The van der Waals surface area contributed by atoms with Gasteiger partial charge in [-0.05, 0) is 18.3 Å². The van der Waals surface area contributed by atoms with Crippen LogP contribution in [0.1, 0.15) is 51.1 Å². The number of rotatable bonds is 6. The largest absolute Gasteiger partial charge is 0.378 e. The molecule has 0 aromatic carbocycles. The third-order valence-electron chi connectivity index (χ3n) is 3.89. The summed E-state index contributed by atoms with van der Waals surface area (Å²) in [4.78, 5) is 8.61. The van der Waals surface area contributed by atoms with Crippen molar-refractivity contribution in [3.8, 4) is 0 Å². The lowest BCUT2D eigenvalue weighted by molar-refractivity contribution is 0.181. The van der Waals surface area contributed by atoms with Crippen LogP contribution in [0.4, 0.5) is 5.13 Å². The molecule has 2 rings (SSSR count). The van der Waals surface area contributed by atoms with Crippen molar-refractivity contribution >= 4 is 16.5 Å². The van der Waals surface area contributed by atoms with Gasteiger partial charge in [-0.1, -0.05) is 27.7 Å². The van der Waals surface area contributed by atoms with E-state index in [4.69, 9.17) is 9.72 Å². The molecule has 0 bridgehead atoms. The second-order valence-electron chi connectivity index (χ2n) is 7.02. The van der Waals surface area contributed by atoms with Gasteiger partial charge in [0.2, 0.25) is 0 Å². The summed E-state index contributed by atoms with van der Waals surface area (Å²) in [6.45, 7) is 12.8. The van der Waals surface area contributed by atoms with Crippen molar-refractivity contribution in [3.05, 3.63) is 10.6 Å². The Morgan fingerprint density at radius 3 is 2.81 bits per heavy atom. The number of thiazole rings is 1. The number of hydrogen-bond donors (Lipinski definition) is 1. The molecule has 5 heteroatoms. The van der Waals surface area contributed by atoms with Gasteiger partial charge in [0, 0.05) is 37.7 Å². The number of hydrogen-bond acceptors (Lipinski definition) is 5. The lowest BCUT2D eigenvalue weighted by atomic mass is 9.84. The predicted molar refractivity (Wildman–Crippen MR) is 90.0 cm³/mol. The SMILES string of the molecule is COCc1nc(N2CCCC(C)(C)C2)sc1CNC(C)C. The van der Waals surface area contributed by atoms with Crippen molar-refractivity contribution in [2.45, 2.75) is 59.7 Å². The maximum absolute atomic E-state index is 5.31. The third kappa shape index (κ3) is 4.66. The van der Waals surface area contributed by atoms with Crippen LogP contribution in [0.15, 0.2) is 0 Å². The van der Waals surface area contributed by atoms with Crippen LogP contribution in [0.25, 0.3) is 0 Å². The van der Waals surface area contributed by atoms with Crippen LogP contribution >= 0.6 is 11.3 Å². The molecule has 0 atom stereocenters. The smallest absolute Gasteiger partial charge is 0.185 e. The zero-order valence-electron chi connectivity index (χ0n) is 14.0. The second-order valence-corrected chi connectivity index (χ2v) is 8.09. The summed E-state index contributed by atoms with van der Waals surface area (Å²) in [6, 6.07) is 0.486. The minimum absolute atomic E-state index is 0.391. The first-order chi connectivity index (χ1) is 9.91. The summed E-state index contributed by atoms with van der Waals surface area (Å²) >= 11 is 1.82. The van der Waals surface area contributed by atoms with Gasteiger partial charge in [-0.25, -0.2) is 4.98 Å². The molecule has 0 amide bonds. The molecule has 0 aliphatic carbocycles. The number of ether oxygens (including phenoxy) is 1. The number of piperidine rings is 1. The maximum Gasteiger partial charge on any atom is 0.185 e. The molecule has 1 aliphatic heterocycles. The lowest BCUT2D eigenvalue weighted by Crippen LogP contribution is -2.40. The zero-order valence-corrected chi connectivity index (χ0v) is 14.8. The Bertz CT molecular complexity index is 456. The van der Waals surface area contributed by atoms with E-state index in [0.717, 1.165) is 30.5 Å². The summed E-state index contributed by atoms with van der Waals surface area (Å²) in [6.07, 6.45) is 2.56. The van der Waals surface area contributed by atoms with Gasteiger partial charge in [0.1, 0.15) is 0 Å². The number of aromatic nitrogens is 1. The highest BCUT2D eigenvalue weighted by Crippen LogP contribution is 2.34. The second kappa shape index (κ2) is 7.07. The number of nitrogens with zero attached hydrogens (tertiary/aromatic N) is 2. The van der Waals surface area contributed by atoms with Crippen LogP contribution in [0.2, 0.25) is 0 Å². The number of nitrogens with one attached hydrogen (secondary N) is 1. The van der Waals surface area contributed by atoms with Gasteiger partial charge >= 0.3 is 0 Å². The molecule has 1 aromatic rings. The molecule has 1 N–H and O–H groups in total. The topological polar surface area (TPSA) is 37.4 Å². The van der Waals surface area contributed by atoms with E-state index in [1.807, 2.05) is 11.3 Å². The highest BCUT2D eigenvalue weighted by atomic mass is 32.1. The first-order valence-electron chi connectivity index (χ1n) is 7.87. The fourth-order valence-electron chi connectivity index (χ4n) is 2.78. The third-order valence-corrected chi connectivity index (χ3v) is 5.05. The highest BCUT2D eigenvalue weighted by molar-refractivity contribution is 7.15. The van der Waals surface area contributed by atoms with Gasteiger partial charge in [-0.2, -0.15) is 0 Å². The molecule has 2 heterocycles. The van der Waals surface area contributed by atoms with Crippen molar-refractivity contribution in [3.63, 3.8) is 0 Å². The maximum atomic E-state index is 5.31. The Balaban J connectivity index is 2.14. The molecule has 21 heavy (non-hydrogen) atoms. The minimum atomic E-state index is 0.391. The normalized spacial score (nSPS) is 18.5. The molecule has 0 radical (unpaired) electrons. The van der Waals surface area contributed by atoms with Gasteiger partial charge in [0.25, 0.3) is 0 Å². The van der Waals surface area contributed by atoms with Crippen molar-refractivity contribution < 1.29 is 4.74 Å². The Morgan fingerprint density at radius 2 is 2.19 bits per heavy atom. The van der Waals surface area contributed by atoms with Crippen LogP contribution in [-0.2, 0) is 17.9 Å². The number of anilines is 1. The van der Waals surface area contributed by atoms with Gasteiger partial charge in [-0.3, -0.25) is 0 Å². The molecule has 1 aliphatic rings. The molecular weight excluding hydrogens is 282 g/mol. The average Bonchev–Trinajstić information content (AvgIpc) is 2.79. The van der Waals surface area contributed by atoms with Crippen molar-refractivity contribution in [2.75, 3.05) is 25.1 Å². The molecule has 1 saturated heterocycles. The van der Waals surface area contributed by atoms with Crippen LogP contribution in [0.3, 0.4) is 0 Å². The summed E-state index contributed by atoms with van der Waals surface area (Å²) in [5.74, 6) is 0. The van der Waals surface area contributed by atoms with Gasteiger partial charge in [-0.15, -0.1) is 11.3 Å². The molecule has 0 unspecified atom stereocenters. The van der Waals surface area contributed by atoms with E-state index in [1.165, 1.54) is 17.7 Å². The number of methoxy groups -OCH3 is 1. The first kappa shape index (κ1) is 16.7. The van der Waals surface area contributed by atoms with E-state index >= 15 is 0 Å². The molecular formula is C16H29N3OS. The average molecular weight is 311 g/mol. The summed E-state index contributed by atoms with van der Waals surface area (Å²) in [7, 11) is 1.74. The summed E-state index contributed by atoms with van der Waals surface area (Å²) in [5, 5.41) is 4.65. The first-order valence-corrected chi connectivity index (χ1v) is 8.69. The van der Waals surface area contributed by atoms with Crippen LogP contribution in [0.5, 0.6) is 0 Å².